The van der Waals surface area contributed by atoms with Gasteiger partial charge in [-0.1, -0.05) is 24.8 Å². The van der Waals surface area contributed by atoms with Gasteiger partial charge in [0.15, 0.2) is 9.84 Å². The van der Waals surface area contributed by atoms with Gasteiger partial charge in [0.25, 0.3) is 0 Å². The molecule has 0 bridgehead atoms. The molecule has 0 heterocycles. The molecular weight excluding hydrogens is 813 g/mol. The SMILES string of the molecule is C=CS(=O)(=O)c1cc(OC)c(NN=C2[C-]=Cc3cc(S(=O)(=O)[O-])c(N=Nc4cc(OC)c(S(=O)(=O)C=C)cc4C)c(N)c3C2=O)cc1C.O=S(=O)=O.[Na+].[Na+]. The molecule has 3 aromatic rings. The minimum Gasteiger partial charge on any atom is -0.744 e. The number of hydrogen-bond acceptors (Lipinski definition) is 18. The number of benzene rings is 3. The molecule has 0 aromatic heterocycles. The topological polar surface area (TPSA) is 287 Å². The van der Waals surface area contributed by atoms with Crippen LogP contribution in [0, 0.1) is 19.9 Å². The summed E-state index contributed by atoms with van der Waals surface area (Å²) in [6, 6.07) is 6.06. The average molecular weight is 840 g/mol. The van der Waals surface area contributed by atoms with Crippen molar-refractivity contribution in [3.8, 4) is 11.5 Å². The number of rotatable bonds is 11. The number of carbonyl (C=O) groups excluding carboxylic acids is 1. The smallest absolute Gasteiger partial charge is 0.744 e. The van der Waals surface area contributed by atoms with E-state index in [1.165, 1.54) is 58.4 Å². The number of nitrogens with zero attached hydrogens (tertiary/aromatic N) is 3. The molecule has 4 rings (SSSR count). The molecule has 0 saturated heterocycles. The molecular formula is C30H27N5Na2O13S4. The third-order valence-corrected chi connectivity index (χ3v) is 10.7. The van der Waals surface area contributed by atoms with Crippen molar-refractivity contribution >= 4 is 80.7 Å². The van der Waals surface area contributed by atoms with E-state index in [1.54, 1.807) is 0 Å². The van der Waals surface area contributed by atoms with Gasteiger partial charge in [-0.05, 0) is 37.1 Å². The second kappa shape index (κ2) is 19.4. The van der Waals surface area contributed by atoms with Crippen molar-refractivity contribution in [2.75, 3.05) is 25.4 Å². The Bertz CT molecular complexity index is 2570. The van der Waals surface area contributed by atoms with Gasteiger partial charge in [-0.25, -0.2) is 25.3 Å². The van der Waals surface area contributed by atoms with Crippen LogP contribution >= 0.6 is 0 Å². The Morgan fingerprint density at radius 1 is 0.833 bits per heavy atom. The zero-order valence-electron chi connectivity index (χ0n) is 29.4. The van der Waals surface area contributed by atoms with Gasteiger partial charge in [0.2, 0.25) is 9.84 Å². The number of ether oxygens (including phenoxy) is 2. The van der Waals surface area contributed by atoms with Crippen molar-refractivity contribution in [3.05, 3.63) is 82.6 Å². The summed E-state index contributed by atoms with van der Waals surface area (Å²) < 4.78 is 122. The molecule has 1 aliphatic carbocycles. The van der Waals surface area contributed by atoms with Crippen LogP contribution in [0.15, 0.2) is 84.3 Å². The zero-order chi connectivity index (χ0) is 39.3. The number of nitrogens with one attached hydrogen (secondary N) is 1. The number of allylic oxidation sites excluding steroid dienone is 1. The van der Waals surface area contributed by atoms with Crippen LogP contribution in [0.3, 0.4) is 0 Å². The van der Waals surface area contributed by atoms with Crippen LogP contribution in [0.4, 0.5) is 22.7 Å². The Labute approximate surface area is 356 Å². The van der Waals surface area contributed by atoms with Gasteiger partial charge < -0.3 is 24.6 Å². The Morgan fingerprint density at radius 2 is 1.39 bits per heavy atom. The minimum absolute atomic E-state index is 0. The van der Waals surface area contributed by atoms with Gasteiger partial charge in [-0.3, -0.25) is 5.43 Å². The molecule has 3 N–H and O–H groups in total. The predicted molar refractivity (Wildman–Crippen MR) is 186 cm³/mol. The van der Waals surface area contributed by atoms with Gasteiger partial charge in [-0.15, -0.1) is 23.3 Å². The summed E-state index contributed by atoms with van der Waals surface area (Å²) in [5.74, 6) is -0.868. The summed E-state index contributed by atoms with van der Waals surface area (Å²) in [6.07, 6.45) is 3.80. The number of anilines is 2. The predicted octanol–water partition coefficient (Wildman–Crippen LogP) is -2.46. The quantitative estimate of drug-likeness (QED) is 0.0506. The monoisotopic (exact) mass is 839 g/mol. The van der Waals surface area contributed by atoms with E-state index >= 15 is 0 Å². The summed E-state index contributed by atoms with van der Waals surface area (Å²) in [5, 5.41) is 13.5. The first-order chi connectivity index (χ1) is 24.1. The third kappa shape index (κ3) is 11.0. The summed E-state index contributed by atoms with van der Waals surface area (Å²) in [6.45, 7) is 9.65. The van der Waals surface area contributed by atoms with Crippen LogP contribution in [0.5, 0.6) is 11.5 Å². The van der Waals surface area contributed by atoms with Crippen LogP contribution in [0.25, 0.3) is 6.08 Å². The number of nitrogen functional groups attached to an aromatic ring is 1. The van der Waals surface area contributed by atoms with E-state index in [2.05, 4.69) is 40.0 Å². The summed E-state index contributed by atoms with van der Waals surface area (Å²) in [5.41, 5.74) is 7.92. The second-order valence-electron chi connectivity index (χ2n) is 10.2. The number of sulfone groups is 2. The molecule has 276 valence electrons. The fraction of sp³-hybridized carbons (Fsp3) is 0.133. The zero-order valence-corrected chi connectivity index (χ0v) is 36.7. The maximum absolute atomic E-state index is 13.6. The normalized spacial score (nSPS) is 13.1. The number of methoxy groups -OCH3 is 2. The first-order valence-corrected chi connectivity index (χ1v) is 19.3. The van der Waals surface area contributed by atoms with Gasteiger partial charge >= 0.3 is 69.7 Å². The van der Waals surface area contributed by atoms with Gasteiger partial charge in [-0.2, -0.15) is 22.4 Å². The molecule has 0 spiro atoms. The van der Waals surface area contributed by atoms with Crippen molar-refractivity contribution in [2.45, 2.75) is 28.5 Å². The van der Waals surface area contributed by atoms with E-state index in [9.17, 15) is 34.6 Å². The number of hydrogen-bond donors (Lipinski definition) is 2. The summed E-state index contributed by atoms with van der Waals surface area (Å²) in [7, 11) is -13.5. The van der Waals surface area contributed by atoms with Crippen molar-refractivity contribution in [2.24, 2.45) is 15.3 Å². The number of azo groups is 1. The molecule has 0 unspecified atom stereocenters. The van der Waals surface area contributed by atoms with Gasteiger partial charge in [0, 0.05) is 34.3 Å². The molecule has 54 heavy (non-hydrogen) atoms. The van der Waals surface area contributed by atoms with Crippen molar-refractivity contribution < 1.29 is 116 Å². The van der Waals surface area contributed by atoms with Crippen LogP contribution < -0.4 is 79.7 Å². The van der Waals surface area contributed by atoms with E-state index < -0.39 is 62.5 Å². The Kier molecular flexibility index (Phi) is 17.4. The fourth-order valence-electron chi connectivity index (χ4n) is 4.53. The van der Waals surface area contributed by atoms with Gasteiger partial charge in [0.1, 0.15) is 38.0 Å². The molecule has 0 saturated carbocycles. The summed E-state index contributed by atoms with van der Waals surface area (Å²) in [4.78, 5) is 12.4. The van der Waals surface area contributed by atoms with Crippen molar-refractivity contribution in [1.82, 2.24) is 0 Å². The summed E-state index contributed by atoms with van der Waals surface area (Å²) >= 11 is 0. The molecule has 0 radical (unpaired) electrons. The molecule has 3 aromatic carbocycles. The van der Waals surface area contributed by atoms with Crippen LogP contribution in [-0.2, 0) is 40.4 Å². The van der Waals surface area contributed by atoms with Crippen LogP contribution in [-0.4, -0.2) is 68.1 Å². The number of aryl methyl sites for hydroxylation is 2. The number of ketones is 1. The van der Waals surface area contributed by atoms with E-state index in [0.29, 0.717) is 5.56 Å². The van der Waals surface area contributed by atoms with E-state index in [0.717, 1.165) is 16.9 Å². The Morgan fingerprint density at radius 3 is 1.91 bits per heavy atom. The fourth-order valence-corrected chi connectivity index (χ4v) is 7.10. The van der Waals surface area contributed by atoms with Crippen molar-refractivity contribution in [3.63, 3.8) is 0 Å². The van der Waals surface area contributed by atoms with Crippen LogP contribution in [0.1, 0.15) is 27.0 Å². The van der Waals surface area contributed by atoms with Crippen molar-refractivity contribution in [1.29, 1.82) is 0 Å². The molecule has 1 aliphatic rings. The first kappa shape index (κ1) is 48.5. The minimum atomic E-state index is -5.21. The third-order valence-electron chi connectivity index (χ3n) is 6.99. The number of fused-ring (bicyclic) bond motifs is 1. The molecule has 18 nitrogen and oxygen atoms in total. The Hall–Kier alpha value is -3.55. The molecule has 0 aliphatic heterocycles. The number of hydrazone groups is 1. The maximum atomic E-state index is 13.6. The number of carbonyl (C=O) groups is 1. The maximum Gasteiger partial charge on any atom is 1.00 e. The number of Topliss-reactive ketones (excluding diaryl/α,β-unsaturated/α-hetero) is 1. The molecule has 0 fully saturated rings. The largest absolute Gasteiger partial charge is 1.00 e. The van der Waals surface area contributed by atoms with E-state index in [4.69, 9.17) is 27.8 Å². The van der Waals surface area contributed by atoms with E-state index in [-0.39, 0.29) is 114 Å². The average Bonchev–Trinajstić information content (AvgIpc) is 3.06. The van der Waals surface area contributed by atoms with E-state index in [1.807, 2.05) is 0 Å². The van der Waals surface area contributed by atoms with Gasteiger partial charge in [0.05, 0.1) is 35.4 Å². The second-order valence-corrected chi connectivity index (χ2v) is 15.7. The van der Waals surface area contributed by atoms with Crippen LogP contribution in [0.2, 0.25) is 0 Å². The molecule has 0 amide bonds. The first-order valence-electron chi connectivity index (χ1n) is 13.8. The molecule has 0 atom stereocenters. The number of nitrogens with two attached hydrogens (primary N) is 1. The molecule has 24 heteroatoms. The Balaban J connectivity index is 0.00000231. The standard InChI is InChI=1S/C30H28N5O10S3.2Na.O3S/c1-7-46(37,38)24-15-22(44-5)21(11-17(24)4)34-32-19-10-9-18-13-26(48(41,42)43)29(28(31)27(18)30(19)36)35-33-20-14-23(45-6)25(12-16(20)3)47(39,40)8-2;;;1-4(2)3/h7-9,11-15,34H,1-2,31H2,3-6H3,(H,41,42,43);;;/q-1;2*+1;/p-1.